The minimum Gasteiger partial charge on any atom is -0.493 e. The Kier molecular flexibility index (Phi) is 5.36. The Morgan fingerprint density at radius 3 is 2.59 bits per heavy atom. The Morgan fingerprint density at radius 1 is 1.10 bits per heavy atom. The summed E-state index contributed by atoms with van der Waals surface area (Å²) in [4.78, 5) is 16.9. The first-order valence-corrected chi connectivity index (χ1v) is 10.2. The summed E-state index contributed by atoms with van der Waals surface area (Å²) in [6, 6.07) is 17.9. The lowest BCUT2D eigenvalue weighted by atomic mass is 9.85. The normalized spacial score (nSPS) is 18.9. The highest BCUT2D eigenvalue weighted by Gasteiger charge is 2.39. The molecule has 29 heavy (non-hydrogen) atoms. The van der Waals surface area contributed by atoms with Gasteiger partial charge in [-0.3, -0.25) is 9.69 Å². The van der Waals surface area contributed by atoms with Crippen molar-refractivity contribution in [2.75, 3.05) is 31.7 Å². The van der Waals surface area contributed by atoms with E-state index in [0.717, 1.165) is 16.3 Å². The Hall–Kier alpha value is -3.11. The molecule has 0 aromatic heterocycles. The highest BCUT2D eigenvalue weighted by Crippen LogP contribution is 2.47. The molecule has 2 heterocycles. The van der Waals surface area contributed by atoms with Gasteiger partial charge in [0, 0.05) is 23.6 Å². The van der Waals surface area contributed by atoms with E-state index in [9.17, 15) is 10.1 Å². The number of carbonyl (C=O) groups is 1. The highest BCUT2D eigenvalue weighted by molar-refractivity contribution is 8.03. The number of hydrogen-bond donors (Lipinski definition) is 0. The largest absolute Gasteiger partial charge is 0.493 e. The second kappa shape index (κ2) is 8.10. The van der Waals surface area contributed by atoms with Gasteiger partial charge in [-0.25, -0.2) is 0 Å². The van der Waals surface area contributed by atoms with Crippen LogP contribution in [0.4, 0.5) is 5.69 Å². The molecule has 0 bridgehead atoms. The van der Waals surface area contributed by atoms with Gasteiger partial charge in [0.1, 0.15) is 0 Å². The maximum Gasteiger partial charge on any atom is 0.229 e. The predicted octanol–water partition coefficient (Wildman–Crippen LogP) is 3.92. The number of fused-ring (bicyclic) bond motifs is 1. The second-order valence-electron chi connectivity index (χ2n) is 6.78. The number of anilines is 1. The summed E-state index contributed by atoms with van der Waals surface area (Å²) < 4.78 is 11.0. The number of rotatable bonds is 4. The topological polar surface area (TPSA) is 65.8 Å². The molecule has 0 spiro atoms. The van der Waals surface area contributed by atoms with E-state index in [1.165, 1.54) is 11.8 Å². The zero-order valence-electron chi connectivity index (χ0n) is 16.3. The molecule has 2 aliphatic heterocycles. The van der Waals surface area contributed by atoms with E-state index in [2.05, 4.69) is 11.0 Å². The fourth-order valence-corrected chi connectivity index (χ4v) is 4.98. The summed E-state index contributed by atoms with van der Waals surface area (Å²) in [5.41, 5.74) is 2.46. The average molecular weight is 407 g/mol. The maximum atomic E-state index is 13.1. The Labute approximate surface area is 174 Å². The zero-order valence-corrected chi connectivity index (χ0v) is 17.1. The fourth-order valence-electron chi connectivity index (χ4n) is 3.82. The summed E-state index contributed by atoms with van der Waals surface area (Å²) in [5.74, 6) is 1.49. The minimum atomic E-state index is -0.348. The van der Waals surface area contributed by atoms with Crippen molar-refractivity contribution in [2.24, 2.45) is 0 Å². The first kappa shape index (κ1) is 19.2. The second-order valence-corrected chi connectivity index (χ2v) is 7.72. The van der Waals surface area contributed by atoms with Gasteiger partial charge in [-0.15, -0.1) is 0 Å². The van der Waals surface area contributed by atoms with Crippen molar-refractivity contribution in [1.82, 2.24) is 4.90 Å². The first-order chi connectivity index (χ1) is 14.2. The van der Waals surface area contributed by atoms with E-state index in [1.807, 2.05) is 48.5 Å². The molecular formula is C22H21N3O3S. The van der Waals surface area contributed by atoms with Crippen molar-refractivity contribution < 1.29 is 14.3 Å². The Bertz CT molecular complexity index is 1000. The summed E-state index contributed by atoms with van der Waals surface area (Å²) in [5, 5.41) is 10.7. The maximum absolute atomic E-state index is 13.1. The molecule has 0 aliphatic carbocycles. The van der Waals surface area contributed by atoms with Crippen molar-refractivity contribution in [2.45, 2.75) is 12.3 Å². The predicted molar refractivity (Wildman–Crippen MR) is 113 cm³/mol. The molecule has 1 atom stereocenters. The highest BCUT2D eigenvalue weighted by atomic mass is 32.2. The van der Waals surface area contributed by atoms with Crippen molar-refractivity contribution >= 4 is 23.4 Å². The molecule has 0 unspecified atom stereocenters. The van der Waals surface area contributed by atoms with Crippen LogP contribution in [0.1, 0.15) is 17.9 Å². The number of allylic oxidation sites excluding steroid dienone is 1. The van der Waals surface area contributed by atoms with Crippen molar-refractivity contribution in [3.05, 3.63) is 64.7 Å². The van der Waals surface area contributed by atoms with Crippen molar-refractivity contribution in [1.29, 1.82) is 5.26 Å². The number of methoxy groups -OCH3 is 2. The van der Waals surface area contributed by atoms with Crippen LogP contribution in [0, 0.1) is 11.3 Å². The number of hydrogen-bond acceptors (Lipinski definition) is 6. The third kappa shape index (κ3) is 3.40. The molecule has 6 nitrogen and oxygen atoms in total. The van der Waals surface area contributed by atoms with E-state index in [4.69, 9.17) is 9.47 Å². The van der Waals surface area contributed by atoms with Gasteiger partial charge in [-0.1, -0.05) is 42.1 Å². The number of nitriles is 1. The summed E-state index contributed by atoms with van der Waals surface area (Å²) in [7, 11) is 3.15. The third-order valence-corrected chi connectivity index (χ3v) is 6.38. The average Bonchev–Trinajstić information content (AvgIpc) is 2.78. The number of benzene rings is 2. The lowest BCUT2D eigenvalue weighted by molar-refractivity contribution is -0.129. The Morgan fingerprint density at radius 2 is 1.90 bits per heavy atom. The minimum absolute atomic E-state index is 0.00186. The molecule has 2 aromatic carbocycles. The van der Waals surface area contributed by atoms with E-state index in [-0.39, 0.29) is 18.2 Å². The number of thioether (sulfide) groups is 1. The smallest absolute Gasteiger partial charge is 0.229 e. The van der Waals surface area contributed by atoms with Crippen LogP contribution in [0.3, 0.4) is 0 Å². The number of ether oxygens (including phenoxy) is 2. The van der Waals surface area contributed by atoms with Gasteiger partial charge < -0.3 is 14.4 Å². The van der Waals surface area contributed by atoms with Crippen LogP contribution in [0.2, 0.25) is 0 Å². The lowest BCUT2D eigenvalue weighted by Gasteiger charge is -2.42. The molecule has 2 aliphatic rings. The molecule has 0 N–H and O–H groups in total. The molecule has 1 amide bonds. The van der Waals surface area contributed by atoms with Crippen LogP contribution in [0.15, 0.2) is 59.1 Å². The molecular weight excluding hydrogens is 386 g/mol. The molecule has 1 saturated heterocycles. The monoisotopic (exact) mass is 407 g/mol. The van der Waals surface area contributed by atoms with E-state index < -0.39 is 0 Å². The molecule has 1 fully saturated rings. The van der Waals surface area contributed by atoms with Gasteiger partial charge in [0.15, 0.2) is 11.5 Å². The molecule has 148 valence electrons. The van der Waals surface area contributed by atoms with E-state index >= 15 is 0 Å². The number of nitrogens with zero attached hydrogens (tertiary/aromatic N) is 3. The van der Waals surface area contributed by atoms with Gasteiger partial charge >= 0.3 is 0 Å². The number of para-hydroxylation sites is 2. The van der Waals surface area contributed by atoms with Crippen LogP contribution in [-0.4, -0.2) is 37.6 Å². The van der Waals surface area contributed by atoms with Gasteiger partial charge in [-0.05, 0) is 18.2 Å². The quantitative estimate of drug-likeness (QED) is 0.765. The Balaban J connectivity index is 1.72. The SMILES string of the molecule is COc1cccc([C@H]2CC(=O)N3CN(c4ccccc4)CSC3=C2C#N)c1OC. The van der Waals surface area contributed by atoms with Crippen LogP contribution < -0.4 is 14.4 Å². The van der Waals surface area contributed by atoms with Crippen LogP contribution in [0.5, 0.6) is 11.5 Å². The third-order valence-electron chi connectivity index (χ3n) is 5.22. The molecule has 2 aromatic rings. The fraction of sp³-hybridized carbons (Fsp3) is 0.273. The van der Waals surface area contributed by atoms with Crippen molar-refractivity contribution in [3.8, 4) is 17.6 Å². The first-order valence-electron chi connectivity index (χ1n) is 9.26. The van der Waals surface area contributed by atoms with Crippen LogP contribution in [0.25, 0.3) is 0 Å². The summed E-state index contributed by atoms with van der Waals surface area (Å²) in [6.45, 7) is 0.443. The van der Waals surface area contributed by atoms with Gasteiger partial charge in [-0.2, -0.15) is 5.26 Å². The molecule has 0 saturated carbocycles. The van der Waals surface area contributed by atoms with Crippen LogP contribution >= 0.6 is 11.8 Å². The summed E-state index contributed by atoms with van der Waals surface area (Å²) >= 11 is 1.52. The van der Waals surface area contributed by atoms with Gasteiger partial charge in [0.2, 0.25) is 5.91 Å². The summed E-state index contributed by atoms with van der Waals surface area (Å²) in [6.07, 6.45) is 0.221. The number of carbonyl (C=O) groups excluding carboxylic acids is 1. The lowest BCUT2D eigenvalue weighted by Crippen LogP contribution is -2.47. The van der Waals surface area contributed by atoms with Gasteiger partial charge in [0.05, 0.1) is 43.4 Å². The van der Waals surface area contributed by atoms with Crippen LogP contribution in [-0.2, 0) is 4.79 Å². The van der Waals surface area contributed by atoms with E-state index in [0.29, 0.717) is 29.6 Å². The van der Waals surface area contributed by atoms with E-state index in [1.54, 1.807) is 19.1 Å². The number of amides is 1. The molecule has 0 radical (unpaired) electrons. The molecule has 4 rings (SSSR count). The van der Waals surface area contributed by atoms with Crippen molar-refractivity contribution in [3.63, 3.8) is 0 Å². The zero-order chi connectivity index (χ0) is 20.4. The molecule has 7 heteroatoms. The standard InChI is InChI=1S/C22H21N3O3S/c1-27-19-10-6-9-16(21(19)28-2)17-11-20(26)25-13-24(15-7-4-3-5-8-15)14-29-22(25)18(17)12-23/h3-10,17H,11,13-14H2,1-2H3/t17-/m1/s1. The van der Waals surface area contributed by atoms with Gasteiger partial charge in [0.25, 0.3) is 0 Å².